The molecule has 8 nitrogen and oxygen atoms in total. The normalized spacial score (nSPS) is 8.91. The van der Waals surface area contributed by atoms with Crippen LogP contribution in [0, 0.1) is 23.7 Å². The van der Waals surface area contributed by atoms with E-state index in [0.29, 0.717) is 18.1 Å². The molecule has 8 heteroatoms. The van der Waals surface area contributed by atoms with Gasteiger partial charge in [-0.25, -0.2) is 10.5 Å². The van der Waals surface area contributed by atoms with Crippen LogP contribution in [0.5, 0.6) is 11.5 Å². The van der Waals surface area contributed by atoms with Crippen molar-refractivity contribution < 1.29 is 9.47 Å². The lowest BCUT2D eigenvalue weighted by Gasteiger charge is -2.10. The lowest BCUT2D eigenvalue weighted by molar-refractivity contribution is 0.279. The van der Waals surface area contributed by atoms with Crippen molar-refractivity contribution in [1.82, 2.24) is 10.2 Å². The SMILES string of the molecule is C#N.C#N.COc1cc(C=NN)ccc1OCc1cccnn1. The van der Waals surface area contributed by atoms with Crippen molar-refractivity contribution in [1.29, 1.82) is 10.5 Å². The number of rotatable bonds is 5. The summed E-state index contributed by atoms with van der Waals surface area (Å²) in [5.41, 5.74) is 1.59. The van der Waals surface area contributed by atoms with Crippen molar-refractivity contribution in [3.8, 4) is 24.6 Å². The fourth-order valence-electron chi connectivity index (χ4n) is 1.53. The average molecular weight is 312 g/mol. The molecule has 0 spiro atoms. The molecule has 0 aliphatic carbocycles. The van der Waals surface area contributed by atoms with Gasteiger partial charge in [0.2, 0.25) is 0 Å². The van der Waals surface area contributed by atoms with E-state index in [0.717, 1.165) is 11.3 Å². The summed E-state index contributed by atoms with van der Waals surface area (Å²) in [5.74, 6) is 6.35. The van der Waals surface area contributed by atoms with Crippen LogP contribution in [0.1, 0.15) is 11.3 Å². The summed E-state index contributed by atoms with van der Waals surface area (Å²) in [6.45, 7) is 7.33. The molecule has 0 aliphatic rings. The van der Waals surface area contributed by atoms with Crippen LogP contribution < -0.4 is 15.3 Å². The minimum atomic E-state index is 0.328. The van der Waals surface area contributed by atoms with Crippen molar-refractivity contribution in [3.63, 3.8) is 0 Å². The Morgan fingerprint density at radius 3 is 2.52 bits per heavy atom. The van der Waals surface area contributed by atoms with Crippen LogP contribution in [0.25, 0.3) is 0 Å². The number of aromatic nitrogens is 2. The molecule has 2 N–H and O–H groups in total. The van der Waals surface area contributed by atoms with Gasteiger partial charge < -0.3 is 15.3 Å². The number of nitriles is 2. The molecule has 2 rings (SSSR count). The first-order valence-corrected chi connectivity index (χ1v) is 6.16. The molecule has 0 amide bonds. The molecule has 118 valence electrons. The van der Waals surface area contributed by atoms with Crippen molar-refractivity contribution in [2.45, 2.75) is 6.61 Å². The van der Waals surface area contributed by atoms with Crippen molar-refractivity contribution in [2.75, 3.05) is 7.11 Å². The maximum absolute atomic E-state index is 6.50. The Balaban J connectivity index is 0.00000112. The van der Waals surface area contributed by atoms with Gasteiger partial charge in [0.15, 0.2) is 11.5 Å². The molecule has 2 aromatic rings. The summed E-state index contributed by atoms with van der Waals surface area (Å²) in [5, 5.41) is 24.2. The quantitative estimate of drug-likeness (QED) is 0.504. The zero-order valence-electron chi connectivity index (χ0n) is 12.5. The fraction of sp³-hybridized carbons (Fsp3) is 0.133. The Kier molecular flexibility index (Phi) is 10.2. The highest BCUT2D eigenvalue weighted by Gasteiger charge is 2.06. The van der Waals surface area contributed by atoms with E-state index in [1.54, 1.807) is 25.4 Å². The number of nitrogens with zero attached hydrogens (tertiary/aromatic N) is 5. The van der Waals surface area contributed by atoms with E-state index < -0.39 is 0 Å². The van der Waals surface area contributed by atoms with Gasteiger partial charge in [0.25, 0.3) is 0 Å². The third-order valence-electron chi connectivity index (χ3n) is 2.41. The molecular formula is C15H16N6O2. The first kappa shape index (κ1) is 19.4. The first-order chi connectivity index (χ1) is 11.3. The largest absolute Gasteiger partial charge is 0.493 e. The molecule has 0 saturated heterocycles. The van der Waals surface area contributed by atoms with Gasteiger partial charge in [-0.05, 0) is 35.9 Å². The number of ether oxygens (including phenoxy) is 2. The zero-order valence-corrected chi connectivity index (χ0v) is 12.5. The standard InChI is InChI=1S/C13H14N4O2.2CHN/c1-18-13-7-10(8-15-14)4-5-12(13)19-9-11-3-2-6-16-17-11;2*1-2/h2-8H,9,14H2,1H3;2*1H. The average Bonchev–Trinajstić information content (AvgIpc) is 2.65. The number of hydrogen-bond acceptors (Lipinski definition) is 8. The summed E-state index contributed by atoms with van der Waals surface area (Å²) in [6, 6.07) is 9.08. The number of benzene rings is 1. The predicted octanol–water partition coefficient (Wildman–Crippen LogP) is 1.64. The van der Waals surface area contributed by atoms with Crippen LogP contribution in [0.4, 0.5) is 0 Å². The molecule has 1 heterocycles. The molecule has 0 unspecified atom stereocenters. The van der Waals surface area contributed by atoms with E-state index in [4.69, 9.17) is 25.8 Å². The van der Waals surface area contributed by atoms with Crippen LogP contribution in [-0.2, 0) is 6.61 Å². The monoisotopic (exact) mass is 312 g/mol. The van der Waals surface area contributed by atoms with E-state index in [-0.39, 0.29) is 0 Å². The van der Waals surface area contributed by atoms with Crippen LogP contribution in [-0.4, -0.2) is 23.5 Å². The summed E-state index contributed by atoms with van der Waals surface area (Å²) >= 11 is 0. The zero-order chi connectivity index (χ0) is 17.5. The van der Waals surface area contributed by atoms with E-state index in [2.05, 4.69) is 28.4 Å². The Bertz CT molecular complexity index is 634. The highest BCUT2D eigenvalue weighted by atomic mass is 16.5. The summed E-state index contributed by atoms with van der Waals surface area (Å²) in [7, 11) is 1.58. The van der Waals surface area contributed by atoms with E-state index in [9.17, 15) is 0 Å². The number of hydrogen-bond donors (Lipinski definition) is 1. The van der Waals surface area contributed by atoms with E-state index in [1.165, 1.54) is 6.21 Å². The van der Waals surface area contributed by atoms with Crippen LogP contribution >= 0.6 is 0 Å². The minimum absolute atomic E-state index is 0.328. The molecular weight excluding hydrogens is 296 g/mol. The summed E-state index contributed by atoms with van der Waals surface area (Å²) < 4.78 is 10.9. The Hall–Kier alpha value is -3.65. The summed E-state index contributed by atoms with van der Waals surface area (Å²) in [6.07, 6.45) is 3.15. The van der Waals surface area contributed by atoms with Gasteiger partial charge in [-0.1, -0.05) is 0 Å². The maximum atomic E-state index is 6.50. The van der Waals surface area contributed by atoms with Crippen LogP contribution in [0.3, 0.4) is 0 Å². The molecule has 0 atom stereocenters. The molecule has 0 saturated carbocycles. The Labute approximate surface area is 134 Å². The van der Waals surface area contributed by atoms with E-state index >= 15 is 0 Å². The van der Waals surface area contributed by atoms with Crippen molar-refractivity contribution in [3.05, 3.63) is 47.8 Å². The second-order valence-corrected chi connectivity index (χ2v) is 3.69. The molecule has 0 radical (unpaired) electrons. The molecule has 23 heavy (non-hydrogen) atoms. The maximum Gasteiger partial charge on any atom is 0.161 e. The van der Waals surface area contributed by atoms with E-state index in [1.807, 2.05) is 18.2 Å². The number of methoxy groups -OCH3 is 1. The molecule has 0 bridgehead atoms. The molecule has 0 aliphatic heterocycles. The summed E-state index contributed by atoms with van der Waals surface area (Å²) in [4.78, 5) is 0. The highest BCUT2D eigenvalue weighted by Crippen LogP contribution is 2.28. The third-order valence-corrected chi connectivity index (χ3v) is 2.41. The van der Waals surface area contributed by atoms with Gasteiger partial charge in [0.05, 0.1) is 13.3 Å². The number of nitrogens with two attached hydrogens (primary N) is 1. The van der Waals surface area contributed by atoms with Gasteiger partial charge >= 0.3 is 0 Å². The van der Waals surface area contributed by atoms with Gasteiger partial charge in [0, 0.05) is 19.3 Å². The minimum Gasteiger partial charge on any atom is -0.493 e. The third kappa shape index (κ3) is 6.56. The topological polar surface area (TPSA) is 130 Å². The number of hydrazone groups is 1. The molecule has 0 fully saturated rings. The van der Waals surface area contributed by atoms with Gasteiger partial charge in [-0.3, -0.25) is 0 Å². The fourth-order valence-corrected chi connectivity index (χ4v) is 1.53. The molecule has 1 aromatic carbocycles. The Morgan fingerprint density at radius 2 is 1.96 bits per heavy atom. The second-order valence-electron chi connectivity index (χ2n) is 3.69. The highest BCUT2D eigenvalue weighted by molar-refractivity contribution is 5.80. The lowest BCUT2D eigenvalue weighted by Crippen LogP contribution is -2.01. The predicted molar refractivity (Wildman–Crippen MR) is 84.5 cm³/mol. The second kappa shape index (κ2) is 12.1. The van der Waals surface area contributed by atoms with Crippen molar-refractivity contribution >= 4 is 6.21 Å². The van der Waals surface area contributed by atoms with Gasteiger partial charge in [-0.15, -0.1) is 0 Å². The van der Waals surface area contributed by atoms with Gasteiger partial charge in [-0.2, -0.15) is 15.3 Å². The lowest BCUT2D eigenvalue weighted by atomic mass is 10.2. The van der Waals surface area contributed by atoms with Crippen molar-refractivity contribution in [2.24, 2.45) is 10.9 Å². The van der Waals surface area contributed by atoms with Crippen LogP contribution in [0.15, 0.2) is 41.6 Å². The van der Waals surface area contributed by atoms with Gasteiger partial charge in [0.1, 0.15) is 12.3 Å². The first-order valence-electron chi connectivity index (χ1n) is 6.16. The Morgan fingerprint density at radius 1 is 1.22 bits per heavy atom. The smallest absolute Gasteiger partial charge is 0.161 e. The molecule has 1 aromatic heterocycles. The van der Waals surface area contributed by atoms with Crippen LogP contribution in [0.2, 0.25) is 0 Å².